The molecule has 2 rings (SSSR count). The highest BCUT2D eigenvalue weighted by molar-refractivity contribution is 14.1. The van der Waals surface area contributed by atoms with Gasteiger partial charge in [0.25, 0.3) is 12.0 Å². The third kappa shape index (κ3) is 3.97. The first-order valence-electron chi connectivity index (χ1n) is 6.75. The van der Waals surface area contributed by atoms with Gasteiger partial charge in [0.1, 0.15) is 24.0 Å². The maximum atomic E-state index is 14.3. The third-order valence-electron chi connectivity index (χ3n) is 3.09. The number of rotatable bonds is 6. The van der Waals surface area contributed by atoms with Crippen molar-refractivity contribution in [1.82, 2.24) is 4.57 Å². The van der Waals surface area contributed by atoms with Gasteiger partial charge in [0.05, 0.1) is 21.4 Å². The van der Waals surface area contributed by atoms with Crippen LogP contribution in [0.1, 0.15) is 0 Å². The van der Waals surface area contributed by atoms with Crippen LogP contribution in [0, 0.1) is 15.2 Å². The van der Waals surface area contributed by atoms with Crippen molar-refractivity contribution < 1.29 is 22.3 Å². The second-order valence-corrected chi connectivity index (χ2v) is 5.90. The average molecular weight is 453 g/mol. The van der Waals surface area contributed by atoms with Gasteiger partial charge in [-0.25, -0.2) is 17.6 Å². The van der Waals surface area contributed by atoms with Gasteiger partial charge in [0, 0.05) is 12.1 Å². The van der Waals surface area contributed by atoms with Gasteiger partial charge in [-0.1, -0.05) is 12.7 Å². The van der Waals surface area contributed by atoms with E-state index in [1.165, 1.54) is 18.2 Å². The Balaban J connectivity index is 2.62. The van der Waals surface area contributed by atoms with Crippen molar-refractivity contribution in [2.45, 2.75) is 13.0 Å². The van der Waals surface area contributed by atoms with Crippen molar-refractivity contribution in [1.29, 1.82) is 0 Å². The number of halogens is 5. The monoisotopic (exact) mass is 453 g/mol. The van der Waals surface area contributed by atoms with Crippen LogP contribution in [0.15, 0.2) is 41.7 Å². The molecule has 0 aliphatic carbocycles. The van der Waals surface area contributed by atoms with E-state index in [-0.39, 0.29) is 21.6 Å². The summed E-state index contributed by atoms with van der Waals surface area (Å²) in [7, 11) is 0. The molecule has 2 aromatic rings. The van der Waals surface area contributed by atoms with Crippen LogP contribution in [0.2, 0.25) is 0 Å². The quantitative estimate of drug-likeness (QED) is 0.373. The van der Waals surface area contributed by atoms with Crippen LogP contribution in [0.3, 0.4) is 0 Å². The number of alkyl halides is 2. The molecule has 0 atom stereocenters. The fourth-order valence-corrected chi connectivity index (χ4v) is 2.59. The van der Waals surface area contributed by atoms with E-state index in [0.717, 1.165) is 12.1 Å². The van der Waals surface area contributed by atoms with E-state index in [0.29, 0.717) is 4.57 Å². The lowest BCUT2D eigenvalue weighted by Gasteiger charge is -2.15. The lowest BCUT2D eigenvalue weighted by Crippen LogP contribution is -2.27. The lowest BCUT2D eigenvalue weighted by atomic mass is 10.1. The molecule has 3 nitrogen and oxygen atoms in total. The fraction of sp³-hybridized carbons (Fsp3) is 0.188. The van der Waals surface area contributed by atoms with E-state index in [1.54, 1.807) is 22.6 Å². The maximum absolute atomic E-state index is 14.3. The maximum Gasteiger partial charge on any atom is 0.264 e. The minimum absolute atomic E-state index is 0.0534. The van der Waals surface area contributed by atoms with E-state index in [9.17, 15) is 22.4 Å². The predicted octanol–water partition coefficient (Wildman–Crippen LogP) is 4.23. The van der Waals surface area contributed by atoms with Gasteiger partial charge in [0.15, 0.2) is 0 Å². The van der Waals surface area contributed by atoms with Crippen molar-refractivity contribution >= 4 is 22.6 Å². The van der Waals surface area contributed by atoms with Gasteiger partial charge < -0.3 is 9.30 Å². The van der Waals surface area contributed by atoms with E-state index >= 15 is 0 Å². The molecule has 128 valence electrons. The van der Waals surface area contributed by atoms with Crippen molar-refractivity contribution in [3.63, 3.8) is 0 Å². The first kappa shape index (κ1) is 18.5. The molecule has 0 amide bonds. The summed E-state index contributed by atoms with van der Waals surface area (Å²) >= 11 is 1.68. The van der Waals surface area contributed by atoms with E-state index in [4.69, 9.17) is 4.74 Å². The molecular formula is C16H12F4INO2. The summed E-state index contributed by atoms with van der Waals surface area (Å²) in [5.41, 5.74) is -1.56. The zero-order valence-corrected chi connectivity index (χ0v) is 14.4. The Bertz CT molecular complexity index is 797. The van der Waals surface area contributed by atoms with E-state index in [1.807, 2.05) is 0 Å². The summed E-state index contributed by atoms with van der Waals surface area (Å²) in [5.74, 6) is -2.10. The van der Waals surface area contributed by atoms with Gasteiger partial charge in [-0.05, 0) is 34.7 Å². The van der Waals surface area contributed by atoms with Crippen LogP contribution < -0.4 is 10.3 Å². The van der Waals surface area contributed by atoms with Crippen molar-refractivity contribution in [2.24, 2.45) is 0 Å². The molecule has 0 aliphatic rings. The van der Waals surface area contributed by atoms with Crippen LogP contribution in [0.25, 0.3) is 11.3 Å². The smallest absolute Gasteiger partial charge is 0.264 e. The summed E-state index contributed by atoms with van der Waals surface area (Å²) in [6.45, 7) is 2.51. The van der Waals surface area contributed by atoms with Gasteiger partial charge >= 0.3 is 0 Å². The summed E-state index contributed by atoms with van der Waals surface area (Å²) in [5, 5.41) is 0. The zero-order valence-electron chi connectivity index (χ0n) is 12.2. The Morgan fingerprint density at radius 1 is 1.25 bits per heavy atom. The summed E-state index contributed by atoms with van der Waals surface area (Å²) in [4.78, 5) is 12.1. The molecule has 0 spiro atoms. The topological polar surface area (TPSA) is 31.2 Å². The summed E-state index contributed by atoms with van der Waals surface area (Å²) < 4.78 is 60.0. The SMILES string of the molecule is C=CCOc1cc(F)c(-c2ccc(I)c(=O)n2CC(F)F)c(F)c1. The molecule has 0 fully saturated rings. The standard InChI is InChI=1S/C16H12F4INO2/c1-2-5-24-9-6-10(17)15(11(18)7-9)13-4-3-12(21)16(23)22(13)8-14(19)20/h2-4,6-7,14H,1,5,8H2. The third-order valence-corrected chi connectivity index (χ3v) is 3.91. The zero-order chi connectivity index (χ0) is 17.9. The second-order valence-electron chi connectivity index (χ2n) is 4.73. The number of pyridine rings is 1. The van der Waals surface area contributed by atoms with Gasteiger partial charge in [-0.15, -0.1) is 0 Å². The highest BCUT2D eigenvalue weighted by atomic mass is 127. The molecule has 0 bridgehead atoms. The van der Waals surface area contributed by atoms with Crippen LogP contribution in [-0.2, 0) is 6.54 Å². The average Bonchev–Trinajstić information content (AvgIpc) is 2.51. The van der Waals surface area contributed by atoms with E-state index in [2.05, 4.69) is 6.58 Å². The van der Waals surface area contributed by atoms with Crippen LogP contribution in [-0.4, -0.2) is 17.6 Å². The fourth-order valence-electron chi connectivity index (χ4n) is 2.12. The number of hydrogen-bond donors (Lipinski definition) is 0. The first-order chi connectivity index (χ1) is 11.3. The molecule has 1 aromatic heterocycles. The number of aromatic nitrogens is 1. The largest absolute Gasteiger partial charge is 0.489 e. The van der Waals surface area contributed by atoms with Crippen molar-refractivity contribution in [2.75, 3.05) is 6.61 Å². The Morgan fingerprint density at radius 3 is 2.42 bits per heavy atom. The van der Waals surface area contributed by atoms with Crippen LogP contribution >= 0.6 is 22.6 Å². The highest BCUT2D eigenvalue weighted by Crippen LogP contribution is 2.30. The number of hydrogen-bond acceptors (Lipinski definition) is 2. The molecule has 1 aromatic carbocycles. The summed E-state index contributed by atoms with van der Waals surface area (Å²) in [6, 6.07) is 4.41. The van der Waals surface area contributed by atoms with Crippen LogP contribution in [0.5, 0.6) is 5.75 Å². The summed E-state index contributed by atoms with van der Waals surface area (Å²) in [6.07, 6.45) is -1.44. The van der Waals surface area contributed by atoms with Crippen molar-refractivity contribution in [3.05, 3.63) is 62.5 Å². The molecule has 0 radical (unpaired) electrons. The Morgan fingerprint density at radius 2 is 1.88 bits per heavy atom. The first-order valence-corrected chi connectivity index (χ1v) is 7.83. The lowest BCUT2D eigenvalue weighted by molar-refractivity contribution is 0.125. The molecule has 24 heavy (non-hydrogen) atoms. The minimum atomic E-state index is -2.85. The number of nitrogens with zero attached hydrogens (tertiary/aromatic N) is 1. The Labute approximate surface area is 148 Å². The van der Waals surface area contributed by atoms with Gasteiger partial charge in [-0.3, -0.25) is 4.79 Å². The van der Waals surface area contributed by atoms with Gasteiger partial charge in [0.2, 0.25) is 0 Å². The Kier molecular flexibility index (Phi) is 6.03. The highest BCUT2D eigenvalue weighted by Gasteiger charge is 2.20. The predicted molar refractivity (Wildman–Crippen MR) is 90.5 cm³/mol. The normalized spacial score (nSPS) is 10.9. The Hall–Kier alpha value is -1.84. The molecule has 0 saturated carbocycles. The van der Waals surface area contributed by atoms with E-state index < -0.39 is 35.7 Å². The number of benzene rings is 1. The molecule has 0 unspecified atom stereocenters. The van der Waals surface area contributed by atoms with Crippen molar-refractivity contribution in [3.8, 4) is 17.0 Å². The number of ether oxygens (including phenoxy) is 1. The molecular weight excluding hydrogens is 441 g/mol. The minimum Gasteiger partial charge on any atom is -0.489 e. The molecule has 8 heteroatoms. The molecule has 0 N–H and O–H groups in total. The molecule has 1 heterocycles. The second kappa shape index (κ2) is 7.82. The van der Waals surface area contributed by atoms with Crippen LogP contribution in [0.4, 0.5) is 17.6 Å². The van der Waals surface area contributed by atoms with Gasteiger partial charge in [-0.2, -0.15) is 0 Å². The molecule has 0 aliphatic heterocycles. The molecule has 0 saturated heterocycles.